The van der Waals surface area contributed by atoms with Crippen LogP contribution in [0.1, 0.15) is 40.8 Å². The third kappa shape index (κ3) is 5.27. The molecular formula is C27H23FN4O2S. The van der Waals surface area contributed by atoms with E-state index in [0.29, 0.717) is 28.8 Å². The lowest BCUT2D eigenvalue weighted by Gasteiger charge is -2.17. The van der Waals surface area contributed by atoms with E-state index in [1.165, 1.54) is 23.5 Å². The first-order valence-electron chi connectivity index (χ1n) is 11.4. The zero-order valence-electron chi connectivity index (χ0n) is 18.8. The van der Waals surface area contributed by atoms with Gasteiger partial charge in [0.1, 0.15) is 10.8 Å². The van der Waals surface area contributed by atoms with E-state index in [0.717, 1.165) is 11.1 Å². The third-order valence-electron chi connectivity index (χ3n) is 6.09. The van der Waals surface area contributed by atoms with Crippen LogP contribution >= 0.6 is 11.3 Å². The number of amides is 2. The van der Waals surface area contributed by atoms with E-state index in [9.17, 15) is 14.0 Å². The van der Waals surface area contributed by atoms with Crippen LogP contribution in [0.2, 0.25) is 0 Å². The molecule has 1 N–H and O–H groups in total. The lowest BCUT2D eigenvalue weighted by molar-refractivity contribution is -0.117. The van der Waals surface area contributed by atoms with Crippen LogP contribution in [0.5, 0.6) is 0 Å². The molecule has 1 fully saturated rings. The van der Waals surface area contributed by atoms with E-state index >= 15 is 0 Å². The van der Waals surface area contributed by atoms with Gasteiger partial charge in [-0.2, -0.15) is 0 Å². The van der Waals surface area contributed by atoms with Crippen molar-refractivity contribution in [3.8, 4) is 0 Å². The van der Waals surface area contributed by atoms with Crippen molar-refractivity contribution in [1.82, 2.24) is 10.2 Å². The minimum absolute atomic E-state index is 0.0454. The molecule has 6 nitrogen and oxygen atoms in total. The van der Waals surface area contributed by atoms with Gasteiger partial charge in [0.15, 0.2) is 0 Å². The number of nitrogens with one attached hydrogen (secondary N) is 1. The fourth-order valence-corrected chi connectivity index (χ4v) is 5.20. The van der Waals surface area contributed by atoms with Crippen molar-refractivity contribution in [1.29, 1.82) is 0 Å². The summed E-state index contributed by atoms with van der Waals surface area (Å²) in [5, 5.41) is 12.4. The van der Waals surface area contributed by atoms with Crippen LogP contribution in [0.15, 0.2) is 84.9 Å². The number of anilines is 2. The highest BCUT2D eigenvalue weighted by atomic mass is 32.1. The highest BCUT2D eigenvalue weighted by Gasteiger charge is 2.34. The Morgan fingerprint density at radius 2 is 1.60 bits per heavy atom. The number of carbonyl (C=O) groups excluding carboxylic acids is 2. The topological polar surface area (TPSA) is 75.2 Å². The van der Waals surface area contributed by atoms with Gasteiger partial charge in [-0.1, -0.05) is 72.0 Å². The van der Waals surface area contributed by atoms with E-state index in [1.807, 2.05) is 60.7 Å². The van der Waals surface area contributed by atoms with Crippen molar-refractivity contribution in [3.05, 3.63) is 107 Å². The van der Waals surface area contributed by atoms with E-state index in [2.05, 4.69) is 15.5 Å². The largest absolute Gasteiger partial charge is 0.312 e. The van der Waals surface area contributed by atoms with E-state index in [4.69, 9.17) is 0 Å². The number of nitrogens with zero attached hydrogens (tertiary/aromatic N) is 3. The van der Waals surface area contributed by atoms with Crippen molar-refractivity contribution in [2.45, 2.75) is 24.7 Å². The molecule has 1 aliphatic heterocycles. The van der Waals surface area contributed by atoms with Crippen LogP contribution in [-0.2, 0) is 9.59 Å². The van der Waals surface area contributed by atoms with E-state index in [-0.39, 0.29) is 35.9 Å². The summed E-state index contributed by atoms with van der Waals surface area (Å²) in [6, 6.07) is 25.8. The highest BCUT2D eigenvalue weighted by molar-refractivity contribution is 7.15. The van der Waals surface area contributed by atoms with Gasteiger partial charge in [-0.05, 0) is 35.4 Å². The number of rotatable bonds is 7. The summed E-state index contributed by atoms with van der Waals surface area (Å²) in [5.74, 6) is -0.751. The average molecular weight is 487 g/mol. The second-order valence-corrected chi connectivity index (χ2v) is 9.46. The quantitative estimate of drug-likeness (QED) is 0.382. The first kappa shape index (κ1) is 22.9. The number of hydrogen-bond donors (Lipinski definition) is 1. The SMILES string of the molecule is O=C(CC(c1ccccc1)c1ccccc1)Nc1nnc(C2CC(=O)N(c3ccc(F)cc3)C2)s1. The zero-order valence-corrected chi connectivity index (χ0v) is 19.6. The first-order chi connectivity index (χ1) is 17.1. The van der Waals surface area contributed by atoms with Gasteiger partial charge in [-0.15, -0.1) is 10.2 Å². The molecule has 5 rings (SSSR count). The lowest BCUT2D eigenvalue weighted by atomic mass is 9.88. The minimum Gasteiger partial charge on any atom is -0.312 e. The predicted molar refractivity (Wildman–Crippen MR) is 134 cm³/mol. The van der Waals surface area contributed by atoms with Gasteiger partial charge >= 0.3 is 0 Å². The van der Waals surface area contributed by atoms with Crippen LogP contribution in [0.4, 0.5) is 15.2 Å². The zero-order chi connectivity index (χ0) is 24.2. The Morgan fingerprint density at radius 1 is 0.971 bits per heavy atom. The Labute approximate surface area is 206 Å². The average Bonchev–Trinajstić information content (AvgIpc) is 3.50. The molecule has 1 aromatic heterocycles. The van der Waals surface area contributed by atoms with Gasteiger partial charge < -0.3 is 10.2 Å². The van der Waals surface area contributed by atoms with Crippen LogP contribution in [0.25, 0.3) is 0 Å². The monoisotopic (exact) mass is 486 g/mol. The van der Waals surface area contributed by atoms with Crippen LogP contribution in [0.3, 0.4) is 0 Å². The molecule has 1 saturated heterocycles. The molecule has 1 aliphatic rings. The molecule has 0 saturated carbocycles. The number of halogens is 1. The van der Waals surface area contributed by atoms with E-state index < -0.39 is 0 Å². The van der Waals surface area contributed by atoms with Crippen molar-refractivity contribution in [3.63, 3.8) is 0 Å². The maximum absolute atomic E-state index is 13.2. The smallest absolute Gasteiger partial charge is 0.227 e. The molecule has 0 spiro atoms. The molecule has 1 atom stereocenters. The molecule has 3 aromatic carbocycles. The fraction of sp³-hybridized carbons (Fsp3) is 0.185. The fourth-order valence-electron chi connectivity index (χ4n) is 4.35. The Balaban J connectivity index is 1.26. The second kappa shape index (κ2) is 10.1. The van der Waals surface area contributed by atoms with Crippen LogP contribution in [0, 0.1) is 5.82 Å². The Hall–Kier alpha value is -3.91. The lowest BCUT2D eigenvalue weighted by Crippen LogP contribution is -2.24. The molecule has 0 aliphatic carbocycles. The second-order valence-electron chi connectivity index (χ2n) is 8.45. The number of carbonyl (C=O) groups is 2. The first-order valence-corrected chi connectivity index (χ1v) is 12.2. The van der Waals surface area contributed by atoms with Gasteiger partial charge in [-0.3, -0.25) is 9.59 Å². The van der Waals surface area contributed by atoms with Gasteiger partial charge in [0.05, 0.1) is 0 Å². The molecule has 4 aromatic rings. The summed E-state index contributed by atoms with van der Waals surface area (Å²) in [6.07, 6.45) is 0.563. The van der Waals surface area contributed by atoms with Crippen molar-refractivity contribution in [2.75, 3.05) is 16.8 Å². The third-order valence-corrected chi connectivity index (χ3v) is 7.09. The Morgan fingerprint density at radius 3 is 2.23 bits per heavy atom. The van der Waals surface area contributed by atoms with Gasteiger partial charge in [0.25, 0.3) is 0 Å². The molecule has 0 bridgehead atoms. The Kier molecular flexibility index (Phi) is 6.63. The maximum Gasteiger partial charge on any atom is 0.227 e. The predicted octanol–water partition coefficient (Wildman–Crippen LogP) is 5.36. The minimum atomic E-state index is -0.344. The molecule has 176 valence electrons. The summed E-state index contributed by atoms with van der Waals surface area (Å²) < 4.78 is 13.2. The van der Waals surface area contributed by atoms with Crippen molar-refractivity contribution < 1.29 is 14.0 Å². The van der Waals surface area contributed by atoms with Gasteiger partial charge in [0.2, 0.25) is 16.9 Å². The van der Waals surface area contributed by atoms with E-state index in [1.54, 1.807) is 17.0 Å². The standard InChI is InChI=1S/C27H23FN4O2S/c28-21-11-13-22(14-12-21)32-17-20(15-25(32)34)26-30-31-27(35-26)29-24(33)16-23(18-7-3-1-4-8-18)19-9-5-2-6-10-19/h1-14,20,23H,15-17H2,(H,29,31,33). The molecule has 35 heavy (non-hydrogen) atoms. The molecule has 2 heterocycles. The number of benzene rings is 3. The molecule has 8 heteroatoms. The number of hydrogen-bond acceptors (Lipinski definition) is 5. The summed E-state index contributed by atoms with van der Waals surface area (Å²) in [4.78, 5) is 27.1. The Bertz CT molecular complexity index is 1270. The van der Waals surface area contributed by atoms with Crippen LogP contribution < -0.4 is 10.2 Å². The van der Waals surface area contributed by atoms with Crippen molar-refractivity contribution in [2.24, 2.45) is 0 Å². The van der Waals surface area contributed by atoms with Crippen molar-refractivity contribution >= 4 is 34.0 Å². The molecule has 1 unspecified atom stereocenters. The normalized spacial score (nSPS) is 15.5. The van der Waals surface area contributed by atoms with Gasteiger partial charge in [0, 0.05) is 36.9 Å². The molecular weight excluding hydrogens is 463 g/mol. The van der Waals surface area contributed by atoms with Crippen LogP contribution in [-0.4, -0.2) is 28.6 Å². The molecule has 2 amide bonds. The summed E-state index contributed by atoms with van der Waals surface area (Å²) in [7, 11) is 0. The van der Waals surface area contributed by atoms with Gasteiger partial charge in [-0.25, -0.2) is 4.39 Å². The summed E-state index contributed by atoms with van der Waals surface area (Å²) in [6.45, 7) is 0.442. The summed E-state index contributed by atoms with van der Waals surface area (Å²) >= 11 is 1.29. The molecule has 0 radical (unpaired) electrons. The number of aromatic nitrogens is 2. The maximum atomic E-state index is 13.2. The summed E-state index contributed by atoms with van der Waals surface area (Å²) in [5.41, 5.74) is 2.79. The highest BCUT2D eigenvalue weighted by Crippen LogP contribution is 2.35.